The lowest BCUT2D eigenvalue weighted by molar-refractivity contribution is -0.0366. The summed E-state index contributed by atoms with van der Waals surface area (Å²) < 4.78 is 32.4. The van der Waals surface area contributed by atoms with Crippen molar-refractivity contribution >= 4 is 34.2 Å². The van der Waals surface area contributed by atoms with E-state index in [0.29, 0.717) is 17.5 Å². The van der Waals surface area contributed by atoms with Gasteiger partial charge in [-0.3, -0.25) is 0 Å². The first-order valence-corrected chi connectivity index (χ1v) is 9.36. The van der Waals surface area contributed by atoms with Crippen molar-refractivity contribution in [3.05, 3.63) is 40.9 Å². The molecule has 1 unspecified atom stereocenters. The Labute approximate surface area is 170 Å². The Balaban J connectivity index is 1.79. The number of nitrogens with two attached hydrogens (primary N) is 1. The minimum Gasteiger partial charge on any atom is -0.465 e. The number of rotatable bonds is 4. The average Bonchev–Trinajstić information content (AvgIpc) is 3.16. The molecule has 1 fully saturated rings. The standard InChI is InChI=1S/C19H18ClFN4O4/c1-27-19(26)10-5-6-23-18(16(10)22)29-17-11-9-24-25(14-4-2-3-7-28-14)13(11)8-12(21)15(17)20/h5-6,8-9,14H,2-4,7,22H2,1H3. The smallest absolute Gasteiger partial charge is 0.340 e. The van der Waals surface area contributed by atoms with Crippen LogP contribution in [0.2, 0.25) is 5.02 Å². The normalized spacial score (nSPS) is 16.7. The number of fused-ring (bicyclic) bond motifs is 1. The molecule has 1 aliphatic heterocycles. The molecule has 0 amide bonds. The van der Waals surface area contributed by atoms with Crippen LogP contribution in [0.25, 0.3) is 10.9 Å². The molecule has 3 aromatic rings. The third-order valence-electron chi connectivity index (χ3n) is 4.74. The largest absolute Gasteiger partial charge is 0.465 e. The van der Waals surface area contributed by atoms with Crippen molar-refractivity contribution in [1.82, 2.24) is 14.8 Å². The number of ether oxygens (including phenoxy) is 3. The van der Waals surface area contributed by atoms with E-state index in [4.69, 9.17) is 31.5 Å². The molecule has 2 N–H and O–H groups in total. The molecule has 1 aliphatic rings. The monoisotopic (exact) mass is 420 g/mol. The fourth-order valence-corrected chi connectivity index (χ4v) is 3.46. The summed E-state index contributed by atoms with van der Waals surface area (Å²) in [5.74, 6) is -1.42. The van der Waals surface area contributed by atoms with Crippen LogP contribution in [0.4, 0.5) is 10.1 Å². The van der Waals surface area contributed by atoms with Gasteiger partial charge in [-0.1, -0.05) is 11.6 Å². The number of hydrogen-bond acceptors (Lipinski definition) is 7. The average molecular weight is 421 g/mol. The van der Waals surface area contributed by atoms with Crippen LogP contribution in [-0.2, 0) is 9.47 Å². The van der Waals surface area contributed by atoms with Gasteiger partial charge in [-0.2, -0.15) is 5.10 Å². The first kappa shape index (κ1) is 19.4. The highest BCUT2D eigenvalue weighted by Gasteiger charge is 2.24. The molecule has 0 saturated carbocycles. The summed E-state index contributed by atoms with van der Waals surface area (Å²) in [4.78, 5) is 15.9. The van der Waals surface area contributed by atoms with E-state index in [-0.39, 0.29) is 34.1 Å². The fraction of sp³-hybridized carbons (Fsp3) is 0.316. The molecule has 0 radical (unpaired) electrons. The molecular weight excluding hydrogens is 403 g/mol. The summed E-state index contributed by atoms with van der Waals surface area (Å²) in [5, 5.41) is 4.57. The number of benzene rings is 1. The lowest BCUT2D eigenvalue weighted by Gasteiger charge is -2.23. The van der Waals surface area contributed by atoms with E-state index >= 15 is 0 Å². The number of pyridine rings is 1. The number of methoxy groups -OCH3 is 1. The van der Waals surface area contributed by atoms with E-state index in [1.165, 1.54) is 31.6 Å². The number of esters is 1. The van der Waals surface area contributed by atoms with Gasteiger partial charge in [0.1, 0.15) is 16.5 Å². The first-order valence-electron chi connectivity index (χ1n) is 8.98. The lowest BCUT2D eigenvalue weighted by Crippen LogP contribution is -2.19. The van der Waals surface area contributed by atoms with Gasteiger partial charge < -0.3 is 19.9 Å². The molecule has 8 nitrogen and oxygen atoms in total. The molecule has 1 saturated heterocycles. The number of nitrogens with zero attached hydrogens (tertiary/aromatic N) is 3. The predicted molar refractivity (Wildman–Crippen MR) is 104 cm³/mol. The van der Waals surface area contributed by atoms with Crippen LogP contribution in [-0.4, -0.2) is 34.5 Å². The van der Waals surface area contributed by atoms with Crippen molar-refractivity contribution < 1.29 is 23.4 Å². The molecule has 4 rings (SSSR count). The Morgan fingerprint density at radius 3 is 3.00 bits per heavy atom. The zero-order valence-electron chi connectivity index (χ0n) is 15.5. The Hall–Kier alpha value is -2.91. The molecule has 2 aromatic heterocycles. The highest BCUT2D eigenvalue weighted by atomic mass is 35.5. The number of anilines is 1. The first-order chi connectivity index (χ1) is 14.0. The van der Waals surface area contributed by atoms with Crippen LogP contribution in [0.5, 0.6) is 11.6 Å². The van der Waals surface area contributed by atoms with Crippen LogP contribution >= 0.6 is 11.6 Å². The van der Waals surface area contributed by atoms with Crippen molar-refractivity contribution in [2.45, 2.75) is 25.5 Å². The molecule has 0 aliphatic carbocycles. The summed E-state index contributed by atoms with van der Waals surface area (Å²) >= 11 is 6.17. The SMILES string of the molecule is COC(=O)c1ccnc(Oc2c(Cl)c(F)cc3c2cnn3C2CCCCO2)c1N. The molecule has 10 heteroatoms. The number of carbonyl (C=O) groups excluding carboxylic acids is 1. The Morgan fingerprint density at radius 2 is 2.28 bits per heavy atom. The molecule has 1 aromatic carbocycles. The van der Waals surface area contributed by atoms with E-state index in [1.54, 1.807) is 4.68 Å². The van der Waals surface area contributed by atoms with Gasteiger partial charge in [0.15, 0.2) is 12.0 Å². The molecular formula is C19H18ClFN4O4. The minimum atomic E-state index is -0.686. The molecule has 3 heterocycles. The second-order valence-electron chi connectivity index (χ2n) is 6.52. The summed E-state index contributed by atoms with van der Waals surface area (Å²) in [6.45, 7) is 0.617. The van der Waals surface area contributed by atoms with Gasteiger partial charge in [0.05, 0.1) is 29.8 Å². The van der Waals surface area contributed by atoms with E-state index in [9.17, 15) is 9.18 Å². The van der Waals surface area contributed by atoms with Gasteiger partial charge in [-0.25, -0.2) is 18.9 Å². The van der Waals surface area contributed by atoms with Crippen molar-refractivity contribution in [3.8, 4) is 11.6 Å². The van der Waals surface area contributed by atoms with Crippen molar-refractivity contribution in [2.75, 3.05) is 19.5 Å². The number of hydrogen-bond donors (Lipinski definition) is 1. The second-order valence-corrected chi connectivity index (χ2v) is 6.89. The van der Waals surface area contributed by atoms with E-state index in [1.807, 2.05) is 0 Å². The van der Waals surface area contributed by atoms with Gasteiger partial charge in [0.25, 0.3) is 0 Å². The Bertz CT molecular complexity index is 1080. The highest BCUT2D eigenvalue weighted by molar-refractivity contribution is 6.33. The van der Waals surface area contributed by atoms with Gasteiger partial charge in [-0.05, 0) is 25.3 Å². The maximum Gasteiger partial charge on any atom is 0.340 e. The van der Waals surface area contributed by atoms with Crippen LogP contribution in [0.3, 0.4) is 0 Å². The van der Waals surface area contributed by atoms with E-state index in [0.717, 1.165) is 19.3 Å². The molecule has 1 atom stereocenters. The lowest BCUT2D eigenvalue weighted by atomic mass is 10.2. The molecule has 0 spiro atoms. The van der Waals surface area contributed by atoms with Crippen molar-refractivity contribution in [3.63, 3.8) is 0 Å². The zero-order valence-corrected chi connectivity index (χ0v) is 16.3. The predicted octanol–water partition coefficient (Wildman–Crippen LogP) is 4.08. The van der Waals surface area contributed by atoms with Gasteiger partial charge in [0, 0.05) is 18.9 Å². The summed E-state index contributed by atoms with van der Waals surface area (Å²) in [7, 11) is 1.23. The maximum atomic E-state index is 14.6. The highest BCUT2D eigenvalue weighted by Crippen LogP contribution is 2.41. The third kappa shape index (κ3) is 3.47. The fourth-order valence-electron chi connectivity index (χ4n) is 3.27. The van der Waals surface area contributed by atoms with Gasteiger partial charge >= 0.3 is 5.97 Å². The van der Waals surface area contributed by atoms with Crippen LogP contribution in [0, 0.1) is 5.82 Å². The topological polar surface area (TPSA) is 101 Å². The van der Waals surface area contributed by atoms with Crippen molar-refractivity contribution in [1.29, 1.82) is 0 Å². The van der Waals surface area contributed by atoms with Crippen LogP contribution in [0.1, 0.15) is 35.8 Å². The Kier molecular flexibility index (Phi) is 5.25. The van der Waals surface area contributed by atoms with Crippen LogP contribution in [0.15, 0.2) is 24.5 Å². The Morgan fingerprint density at radius 1 is 1.45 bits per heavy atom. The summed E-state index contributed by atoms with van der Waals surface area (Å²) in [6.07, 6.45) is 5.31. The molecule has 29 heavy (non-hydrogen) atoms. The third-order valence-corrected chi connectivity index (χ3v) is 5.09. The quantitative estimate of drug-likeness (QED) is 0.634. The van der Waals surface area contributed by atoms with Crippen LogP contribution < -0.4 is 10.5 Å². The zero-order chi connectivity index (χ0) is 20.5. The maximum absolute atomic E-state index is 14.6. The summed E-state index contributed by atoms with van der Waals surface area (Å²) in [6, 6.07) is 2.69. The molecule has 152 valence electrons. The van der Waals surface area contributed by atoms with Gasteiger partial charge in [0.2, 0.25) is 5.88 Å². The van der Waals surface area contributed by atoms with Crippen molar-refractivity contribution in [2.24, 2.45) is 0 Å². The number of aromatic nitrogens is 3. The van der Waals surface area contributed by atoms with Gasteiger partial charge in [-0.15, -0.1) is 0 Å². The molecule has 0 bridgehead atoms. The number of nitrogen functional groups attached to an aromatic ring is 1. The number of carbonyl (C=O) groups is 1. The number of halogens is 2. The minimum absolute atomic E-state index is 0.00458. The second kappa shape index (κ2) is 7.84. The summed E-state index contributed by atoms with van der Waals surface area (Å²) in [5.41, 5.74) is 6.50. The van der Waals surface area contributed by atoms with E-state index in [2.05, 4.69) is 10.1 Å². The van der Waals surface area contributed by atoms with E-state index < -0.39 is 11.8 Å².